The van der Waals surface area contributed by atoms with Gasteiger partial charge in [0.1, 0.15) is 11.0 Å². The zero-order chi connectivity index (χ0) is 11.8. The van der Waals surface area contributed by atoms with Gasteiger partial charge in [-0.15, -0.1) is 0 Å². The molecule has 0 spiro atoms. The zero-order valence-corrected chi connectivity index (χ0v) is 11.5. The second-order valence-corrected chi connectivity index (χ2v) is 7.16. The van der Waals surface area contributed by atoms with Crippen molar-refractivity contribution in [1.82, 2.24) is 4.98 Å². The van der Waals surface area contributed by atoms with E-state index in [2.05, 4.69) is 36.5 Å². The summed E-state index contributed by atoms with van der Waals surface area (Å²) in [5.41, 5.74) is 1.20. The topological polar surface area (TPSA) is 24.9 Å². The number of anilines is 1. The van der Waals surface area contributed by atoms with E-state index < -0.39 is 0 Å². The Morgan fingerprint density at radius 2 is 2.06 bits per heavy atom. The minimum absolute atomic E-state index is 0.170. The molecule has 1 heterocycles. The largest absolute Gasteiger partial charge is 0.314 e. The highest BCUT2D eigenvalue weighted by atomic mass is 35.5. The van der Waals surface area contributed by atoms with Gasteiger partial charge in [-0.3, -0.25) is 0 Å². The summed E-state index contributed by atoms with van der Waals surface area (Å²) in [5.74, 6) is 1.50. The predicted molar refractivity (Wildman–Crippen MR) is 72.2 cm³/mol. The van der Waals surface area contributed by atoms with Crippen molar-refractivity contribution in [2.45, 2.75) is 44.3 Å². The number of hydrogen-bond donors (Lipinski definition) is 1. The Labute approximate surface area is 106 Å². The van der Waals surface area contributed by atoms with E-state index >= 15 is 0 Å². The van der Waals surface area contributed by atoms with Gasteiger partial charge < -0.3 is 4.72 Å². The molecule has 1 aromatic rings. The molecule has 0 amide bonds. The molecule has 1 aromatic heterocycles. The fourth-order valence-corrected chi connectivity index (χ4v) is 2.24. The van der Waals surface area contributed by atoms with E-state index in [0.29, 0.717) is 11.1 Å². The van der Waals surface area contributed by atoms with Crippen molar-refractivity contribution in [2.24, 2.45) is 0 Å². The first kappa shape index (κ1) is 12.1. The molecule has 1 aliphatic carbocycles. The predicted octanol–water partition coefficient (Wildman–Crippen LogP) is 4.47. The zero-order valence-electron chi connectivity index (χ0n) is 9.88. The van der Waals surface area contributed by atoms with E-state index in [1.54, 1.807) is 11.9 Å². The fraction of sp³-hybridized carbons (Fsp3) is 0.583. The minimum Gasteiger partial charge on any atom is -0.314 e. The molecule has 1 fully saturated rings. The molecular weight excluding hydrogens is 240 g/mol. The molecule has 0 aromatic carbocycles. The Hall–Kier alpha value is -0.410. The maximum absolute atomic E-state index is 6.15. The van der Waals surface area contributed by atoms with Gasteiger partial charge in [-0.25, -0.2) is 4.98 Å². The highest BCUT2D eigenvalue weighted by Gasteiger charge is 2.26. The molecule has 0 unspecified atom stereocenters. The number of halogens is 1. The van der Waals surface area contributed by atoms with E-state index in [1.165, 1.54) is 18.4 Å². The van der Waals surface area contributed by atoms with Gasteiger partial charge in [0.25, 0.3) is 0 Å². The van der Waals surface area contributed by atoms with Crippen molar-refractivity contribution in [2.75, 3.05) is 4.72 Å². The molecule has 1 saturated carbocycles. The lowest BCUT2D eigenvalue weighted by Gasteiger charge is -2.18. The second kappa shape index (κ2) is 4.46. The van der Waals surface area contributed by atoms with Crippen LogP contribution in [0, 0.1) is 0 Å². The lowest BCUT2D eigenvalue weighted by atomic mass is 10.2. The summed E-state index contributed by atoms with van der Waals surface area (Å²) in [7, 11) is 0. The molecule has 88 valence electrons. The van der Waals surface area contributed by atoms with E-state index in [9.17, 15) is 0 Å². The second-order valence-electron chi connectivity index (χ2n) is 5.17. The first-order valence-corrected chi connectivity index (χ1v) is 6.75. The highest BCUT2D eigenvalue weighted by Crippen LogP contribution is 2.43. The first-order valence-electron chi connectivity index (χ1n) is 5.56. The van der Waals surface area contributed by atoms with Crippen LogP contribution in [0.3, 0.4) is 0 Å². The van der Waals surface area contributed by atoms with E-state index in [1.807, 2.05) is 6.07 Å². The Morgan fingerprint density at radius 3 is 2.56 bits per heavy atom. The number of rotatable bonds is 3. The molecular formula is C12H17ClN2S. The lowest BCUT2D eigenvalue weighted by Crippen LogP contribution is -2.11. The minimum atomic E-state index is 0.170. The summed E-state index contributed by atoms with van der Waals surface area (Å²) < 4.78 is 3.40. The lowest BCUT2D eigenvalue weighted by molar-refractivity contribution is 0.805. The maximum atomic E-state index is 6.15. The number of nitrogens with zero attached hydrogens (tertiary/aromatic N) is 1. The van der Waals surface area contributed by atoms with Crippen LogP contribution in [0.2, 0.25) is 5.15 Å². The Morgan fingerprint density at radius 1 is 1.38 bits per heavy atom. The third-order valence-electron chi connectivity index (χ3n) is 2.36. The first-order chi connectivity index (χ1) is 7.46. The number of aromatic nitrogens is 1. The monoisotopic (exact) mass is 256 g/mol. The molecule has 2 rings (SSSR count). The Balaban J connectivity index is 2.03. The van der Waals surface area contributed by atoms with Crippen LogP contribution in [-0.2, 0) is 0 Å². The summed E-state index contributed by atoms with van der Waals surface area (Å²) in [6.07, 6.45) is 2.51. The molecule has 1 aliphatic rings. The van der Waals surface area contributed by atoms with Crippen LogP contribution in [-0.4, -0.2) is 9.73 Å². The number of hydrogen-bond acceptors (Lipinski definition) is 3. The molecule has 16 heavy (non-hydrogen) atoms. The molecule has 0 atom stereocenters. The third-order valence-corrected chi connectivity index (χ3v) is 3.58. The van der Waals surface area contributed by atoms with Crippen LogP contribution >= 0.6 is 23.5 Å². The third kappa shape index (κ3) is 3.29. The quantitative estimate of drug-likeness (QED) is 0.638. The summed E-state index contributed by atoms with van der Waals surface area (Å²) in [4.78, 5) is 4.37. The van der Waals surface area contributed by atoms with Gasteiger partial charge in [0.2, 0.25) is 0 Å². The summed E-state index contributed by atoms with van der Waals surface area (Å²) >= 11 is 7.81. The molecule has 0 aliphatic heterocycles. The smallest absolute Gasteiger partial charge is 0.137 e. The maximum Gasteiger partial charge on any atom is 0.137 e. The summed E-state index contributed by atoms with van der Waals surface area (Å²) in [6, 6.07) is 4.11. The van der Waals surface area contributed by atoms with Crippen molar-refractivity contribution in [3.05, 3.63) is 22.8 Å². The highest BCUT2D eigenvalue weighted by molar-refractivity contribution is 8.01. The van der Waals surface area contributed by atoms with Crippen molar-refractivity contribution in [1.29, 1.82) is 0 Å². The summed E-state index contributed by atoms with van der Waals surface area (Å²) in [5, 5.41) is 0.655. The van der Waals surface area contributed by atoms with Crippen molar-refractivity contribution >= 4 is 29.4 Å². The van der Waals surface area contributed by atoms with Gasteiger partial charge >= 0.3 is 0 Å². The van der Waals surface area contributed by atoms with E-state index in [0.717, 1.165) is 5.82 Å². The van der Waals surface area contributed by atoms with Crippen LogP contribution in [0.4, 0.5) is 5.82 Å². The van der Waals surface area contributed by atoms with Gasteiger partial charge in [0.05, 0.1) is 0 Å². The van der Waals surface area contributed by atoms with Crippen LogP contribution < -0.4 is 4.72 Å². The summed E-state index contributed by atoms with van der Waals surface area (Å²) in [6.45, 7) is 6.47. The SMILES string of the molecule is CC(C)(C)SNc1ccc(C2CC2)c(Cl)n1. The van der Waals surface area contributed by atoms with Crippen LogP contribution in [0.15, 0.2) is 12.1 Å². The van der Waals surface area contributed by atoms with Crippen LogP contribution in [0.25, 0.3) is 0 Å². The standard InChI is InChI=1S/C12H17ClN2S/c1-12(2,3)16-15-10-7-6-9(8-4-5-8)11(13)14-10/h6-8H,4-5H2,1-3H3,(H,14,15). The molecule has 0 saturated heterocycles. The van der Waals surface area contributed by atoms with E-state index in [4.69, 9.17) is 11.6 Å². The van der Waals surface area contributed by atoms with Gasteiger partial charge in [-0.2, -0.15) is 0 Å². The normalized spacial score (nSPS) is 16.2. The van der Waals surface area contributed by atoms with E-state index in [-0.39, 0.29) is 4.75 Å². The van der Waals surface area contributed by atoms with Gasteiger partial charge in [-0.05, 0) is 63.1 Å². The average Bonchev–Trinajstić information content (AvgIpc) is 2.97. The molecule has 4 heteroatoms. The number of nitrogens with one attached hydrogen (secondary N) is 1. The fourth-order valence-electron chi connectivity index (χ4n) is 1.41. The number of pyridine rings is 1. The molecule has 2 nitrogen and oxygen atoms in total. The van der Waals surface area contributed by atoms with Crippen molar-refractivity contribution in [3.8, 4) is 0 Å². The molecule has 0 bridgehead atoms. The van der Waals surface area contributed by atoms with Gasteiger partial charge in [0, 0.05) is 4.75 Å². The van der Waals surface area contributed by atoms with Crippen molar-refractivity contribution < 1.29 is 0 Å². The molecule has 1 N–H and O–H groups in total. The average molecular weight is 257 g/mol. The van der Waals surface area contributed by atoms with Crippen LogP contribution in [0.5, 0.6) is 0 Å². The van der Waals surface area contributed by atoms with Gasteiger partial charge in [0.15, 0.2) is 0 Å². The Bertz CT molecular complexity index is 383. The van der Waals surface area contributed by atoms with Crippen molar-refractivity contribution in [3.63, 3.8) is 0 Å². The van der Waals surface area contributed by atoms with Gasteiger partial charge in [-0.1, -0.05) is 17.7 Å². The molecule has 0 radical (unpaired) electrons. The van der Waals surface area contributed by atoms with Crippen LogP contribution in [0.1, 0.15) is 45.1 Å². The Kier molecular flexibility index (Phi) is 3.36.